The summed E-state index contributed by atoms with van der Waals surface area (Å²) in [6, 6.07) is 7.52. The van der Waals surface area contributed by atoms with Gasteiger partial charge in [0.2, 0.25) is 11.8 Å². The van der Waals surface area contributed by atoms with Crippen molar-refractivity contribution in [2.75, 3.05) is 25.0 Å². The van der Waals surface area contributed by atoms with E-state index in [0.717, 1.165) is 12.1 Å². The highest BCUT2D eigenvalue weighted by Crippen LogP contribution is 2.11. The second kappa shape index (κ2) is 6.52. The Labute approximate surface area is 119 Å². The van der Waals surface area contributed by atoms with Crippen LogP contribution in [0.25, 0.3) is 0 Å². The van der Waals surface area contributed by atoms with Gasteiger partial charge in [0.05, 0.1) is 12.6 Å². The van der Waals surface area contributed by atoms with Crippen molar-refractivity contribution in [1.82, 2.24) is 10.2 Å². The predicted octanol–water partition coefficient (Wildman–Crippen LogP) is 1.01. The van der Waals surface area contributed by atoms with Gasteiger partial charge < -0.3 is 10.6 Å². The molecule has 0 unspecified atom stereocenters. The van der Waals surface area contributed by atoms with Crippen molar-refractivity contribution in [2.45, 2.75) is 26.3 Å². The SMILES string of the molecule is CCc1ccc(NC(=O)[C@H](C)N2CCNC(=O)C2)cc1. The Morgan fingerprint density at radius 2 is 2.10 bits per heavy atom. The molecule has 108 valence electrons. The van der Waals surface area contributed by atoms with Crippen LogP contribution >= 0.6 is 0 Å². The Hall–Kier alpha value is -1.88. The van der Waals surface area contributed by atoms with Crippen molar-refractivity contribution >= 4 is 17.5 Å². The maximum atomic E-state index is 12.2. The molecule has 1 aliphatic heterocycles. The fraction of sp³-hybridized carbons (Fsp3) is 0.467. The number of carbonyl (C=O) groups excluding carboxylic acids is 2. The maximum Gasteiger partial charge on any atom is 0.241 e. The minimum absolute atomic E-state index is 0.0248. The molecular formula is C15H21N3O2. The van der Waals surface area contributed by atoms with E-state index in [4.69, 9.17) is 0 Å². The molecule has 0 aromatic heterocycles. The molecule has 5 heteroatoms. The van der Waals surface area contributed by atoms with Crippen molar-refractivity contribution in [3.63, 3.8) is 0 Å². The van der Waals surface area contributed by atoms with E-state index in [0.29, 0.717) is 13.1 Å². The van der Waals surface area contributed by atoms with E-state index in [1.54, 1.807) is 0 Å². The molecule has 0 radical (unpaired) electrons. The lowest BCUT2D eigenvalue weighted by molar-refractivity contribution is -0.127. The molecule has 0 saturated carbocycles. The molecule has 20 heavy (non-hydrogen) atoms. The second-order valence-corrected chi connectivity index (χ2v) is 5.04. The molecule has 2 N–H and O–H groups in total. The molecule has 0 spiro atoms. The molecule has 1 atom stereocenters. The summed E-state index contributed by atoms with van der Waals surface area (Å²) in [5.41, 5.74) is 2.03. The van der Waals surface area contributed by atoms with E-state index < -0.39 is 0 Å². The van der Waals surface area contributed by atoms with Gasteiger partial charge in [-0.1, -0.05) is 19.1 Å². The number of nitrogens with zero attached hydrogens (tertiary/aromatic N) is 1. The highest BCUT2D eigenvalue weighted by atomic mass is 16.2. The Morgan fingerprint density at radius 3 is 2.70 bits per heavy atom. The summed E-state index contributed by atoms with van der Waals surface area (Å²) in [5.74, 6) is -0.104. The summed E-state index contributed by atoms with van der Waals surface area (Å²) < 4.78 is 0. The lowest BCUT2D eigenvalue weighted by Gasteiger charge is -2.31. The quantitative estimate of drug-likeness (QED) is 0.862. The van der Waals surface area contributed by atoms with E-state index in [-0.39, 0.29) is 24.4 Å². The zero-order valence-corrected chi connectivity index (χ0v) is 12.0. The summed E-state index contributed by atoms with van der Waals surface area (Å²) in [4.78, 5) is 25.4. The minimum atomic E-state index is -0.313. The van der Waals surface area contributed by atoms with Gasteiger partial charge in [-0.2, -0.15) is 0 Å². The van der Waals surface area contributed by atoms with Crippen LogP contribution in [0.15, 0.2) is 24.3 Å². The summed E-state index contributed by atoms with van der Waals surface area (Å²) in [6.45, 7) is 5.51. The first-order chi connectivity index (χ1) is 9.60. The van der Waals surface area contributed by atoms with Crippen LogP contribution in [-0.4, -0.2) is 42.4 Å². The third kappa shape index (κ3) is 3.57. The summed E-state index contributed by atoms with van der Waals surface area (Å²) in [6.07, 6.45) is 0.980. The van der Waals surface area contributed by atoms with Gasteiger partial charge >= 0.3 is 0 Å². The minimum Gasteiger partial charge on any atom is -0.354 e. The number of amides is 2. The van der Waals surface area contributed by atoms with Gasteiger partial charge in [-0.25, -0.2) is 0 Å². The van der Waals surface area contributed by atoms with E-state index in [2.05, 4.69) is 17.6 Å². The van der Waals surface area contributed by atoms with Gasteiger partial charge in [0.25, 0.3) is 0 Å². The normalized spacial score (nSPS) is 17.4. The molecule has 1 aromatic carbocycles. The molecule has 1 saturated heterocycles. The van der Waals surface area contributed by atoms with Crippen molar-refractivity contribution in [3.05, 3.63) is 29.8 Å². The fourth-order valence-electron chi connectivity index (χ4n) is 2.23. The molecule has 1 aliphatic rings. The number of anilines is 1. The lowest BCUT2D eigenvalue weighted by atomic mass is 10.1. The summed E-state index contributed by atoms with van der Waals surface area (Å²) in [5, 5.41) is 5.65. The number of hydrogen-bond donors (Lipinski definition) is 2. The average molecular weight is 275 g/mol. The Balaban J connectivity index is 1.94. The van der Waals surface area contributed by atoms with Crippen molar-refractivity contribution in [2.24, 2.45) is 0 Å². The third-order valence-corrected chi connectivity index (χ3v) is 3.62. The van der Waals surface area contributed by atoms with Crippen molar-refractivity contribution in [1.29, 1.82) is 0 Å². The van der Waals surface area contributed by atoms with E-state index >= 15 is 0 Å². The molecule has 5 nitrogen and oxygen atoms in total. The molecule has 1 heterocycles. The first kappa shape index (κ1) is 14.5. The number of nitrogens with one attached hydrogen (secondary N) is 2. The second-order valence-electron chi connectivity index (χ2n) is 5.04. The standard InChI is InChI=1S/C15H21N3O2/c1-3-12-4-6-13(7-5-12)17-15(20)11(2)18-9-8-16-14(19)10-18/h4-7,11H,3,8-10H2,1-2H3,(H,16,19)(H,17,20)/t11-/m0/s1. The fourth-order valence-corrected chi connectivity index (χ4v) is 2.23. The van der Waals surface area contributed by atoms with Crippen LogP contribution in [0.2, 0.25) is 0 Å². The van der Waals surface area contributed by atoms with Gasteiger partial charge in [0, 0.05) is 18.8 Å². The van der Waals surface area contributed by atoms with Crippen LogP contribution < -0.4 is 10.6 Å². The monoisotopic (exact) mass is 275 g/mol. The highest BCUT2D eigenvalue weighted by molar-refractivity contribution is 5.95. The van der Waals surface area contributed by atoms with E-state index in [1.807, 2.05) is 36.1 Å². The molecule has 2 rings (SSSR count). The Bertz CT molecular complexity index is 484. The summed E-state index contributed by atoms with van der Waals surface area (Å²) >= 11 is 0. The van der Waals surface area contributed by atoms with E-state index in [9.17, 15) is 9.59 Å². The lowest BCUT2D eigenvalue weighted by Crippen LogP contribution is -2.53. The van der Waals surface area contributed by atoms with Crippen LogP contribution in [0.4, 0.5) is 5.69 Å². The van der Waals surface area contributed by atoms with E-state index in [1.165, 1.54) is 5.56 Å². The van der Waals surface area contributed by atoms with Crippen LogP contribution in [0.5, 0.6) is 0 Å². The number of rotatable bonds is 4. The largest absolute Gasteiger partial charge is 0.354 e. The maximum absolute atomic E-state index is 12.2. The van der Waals surface area contributed by atoms with Crippen LogP contribution in [0, 0.1) is 0 Å². The van der Waals surface area contributed by atoms with Crippen LogP contribution in [0.1, 0.15) is 19.4 Å². The van der Waals surface area contributed by atoms with Gasteiger partial charge in [0.15, 0.2) is 0 Å². The first-order valence-corrected chi connectivity index (χ1v) is 7.00. The van der Waals surface area contributed by atoms with Gasteiger partial charge in [-0.05, 0) is 31.0 Å². The summed E-state index contributed by atoms with van der Waals surface area (Å²) in [7, 11) is 0. The highest BCUT2D eigenvalue weighted by Gasteiger charge is 2.25. The van der Waals surface area contributed by atoms with Crippen molar-refractivity contribution in [3.8, 4) is 0 Å². The zero-order valence-electron chi connectivity index (χ0n) is 12.0. The zero-order chi connectivity index (χ0) is 14.5. The topological polar surface area (TPSA) is 61.4 Å². The van der Waals surface area contributed by atoms with Crippen LogP contribution in [0.3, 0.4) is 0 Å². The molecule has 1 fully saturated rings. The van der Waals surface area contributed by atoms with Gasteiger partial charge in [0.1, 0.15) is 0 Å². The number of hydrogen-bond acceptors (Lipinski definition) is 3. The van der Waals surface area contributed by atoms with Crippen LogP contribution in [-0.2, 0) is 16.0 Å². The number of carbonyl (C=O) groups is 2. The molecule has 0 bridgehead atoms. The molecule has 0 aliphatic carbocycles. The number of benzene rings is 1. The van der Waals surface area contributed by atoms with Gasteiger partial charge in [-0.3, -0.25) is 14.5 Å². The van der Waals surface area contributed by atoms with Gasteiger partial charge in [-0.15, -0.1) is 0 Å². The average Bonchev–Trinajstić information content (AvgIpc) is 2.47. The molecular weight excluding hydrogens is 254 g/mol. The Morgan fingerprint density at radius 1 is 1.40 bits per heavy atom. The number of aryl methyl sites for hydroxylation is 1. The Kier molecular flexibility index (Phi) is 4.74. The predicted molar refractivity (Wildman–Crippen MR) is 78.5 cm³/mol. The molecule has 1 aromatic rings. The smallest absolute Gasteiger partial charge is 0.241 e. The number of piperazine rings is 1. The first-order valence-electron chi connectivity index (χ1n) is 7.00. The van der Waals surface area contributed by atoms with Crippen molar-refractivity contribution < 1.29 is 9.59 Å². The third-order valence-electron chi connectivity index (χ3n) is 3.62. The molecule has 2 amide bonds.